The summed E-state index contributed by atoms with van der Waals surface area (Å²) in [5.74, 6) is 3.06. The summed E-state index contributed by atoms with van der Waals surface area (Å²) >= 11 is 0. The van der Waals surface area contributed by atoms with Crippen LogP contribution in [0.4, 0.5) is 0 Å². The average Bonchev–Trinajstić information content (AvgIpc) is 3.21. The molecule has 0 amide bonds. The smallest absolute Gasteiger partial charge is 0.302 e. The van der Waals surface area contributed by atoms with Gasteiger partial charge in [-0.15, -0.1) is 0 Å². The lowest BCUT2D eigenvalue weighted by atomic mass is 9.48. The van der Waals surface area contributed by atoms with Crippen molar-refractivity contribution in [3.05, 3.63) is 41.0 Å². The summed E-state index contributed by atoms with van der Waals surface area (Å²) < 4.78 is 17.3. The Morgan fingerprint density at radius 1 is 1.05 bits per heavy atom. The first-order chi connectivity index (χ1) is 19.6. The van der Waals surface area contributed by atoms with E-state index in [0.29, 0.717) is 35.9 Å². The van der Waals surface area contributed by atoms with Gasteiger partial charge in [-0.25, -0.2) is 0 Å². The SMILES string of the molecule is CCN(CC)CCOc1ccc(/C=C2\C[C@H]3[C@@H]4CC=C5C[C@@H](OC(C)=O)CC[C@]5(C)[C@H]4CC[C@]3(C)C2=O)cc1OC. The lowest BCUT2D eigenvalue weighted by Gasteiger charge is -2.56. The van der Waals surface area contributed by atoms with Crippen LogP contribution in [0.15, 0.2) is 35.4 Å². The number of rotatable bonds is 9. The van der Waals surface area contributed by atoms with E-state index in [4.69, 9.17) is 14.2 Å². The molecule has 0 aliphatic heterocycles. The first kappa shape index (κ1) is 29.9. The van der Waals surface area contributed by atoms with Crippen molar-refractivity contribution in [2.75, 3.05) is 33.4 Å². The normalized spacial score (nSPS) is 33.6. The number of fused-ring (bicyclic) bond motifs is 5. The van der Waals surface area contributed by atoms with Gasteiger partial charge in [-0.1, -0.05) is 45.4 Å². The largest absolute Gasteiger partial charge is 0.493 e. The molecule has 41 heavy (non-hydrogen) atoms. The van der Waals surface area contributed by atoms with Crippen molar-refractivity contribution in [1.29, 1.82) is 0 Å². The fourth-order valence-corrected chi connectivity index (χ4v) is 8.68. The van der Waals surface area contributed by atoms with Crippen molar-refractivity contribution in [1.82, 2.24) is 4.90 Å². The maximum Gasteiger partial charge on any atom is 0.302 e. The Balaban J connectivity index is 1.33. The minimum Gasteiger partial charge on any atom is -0.493 e. The fraction of sp³-hybridized carbons (Fsp3) is 0.657. The maximum atomic E-state index is 13.9. The molecule has 224 valence electrons. The molecule has 1 aromatic rings. The summed E-state index contributed by atoms with van der Waals surface area (Å²) in [5.41, 5.74) is 3.27. The number of benzene rings is 1. The van der Waals surface area contributed by atoms with Crippen molar-refractivity contribution in [2.24, 2.45) is 28.6 Å². The quantitative estimate of drug-likeness (QED) is 0.186. The standard InChI is InChI=1S/C35H49NO5/c1-7-36(8-2)17-18-40-31-12-9-24(20-32(31)39-6)19-25-21-30-28-11-10-26-22-27(41-23(3)37)13-15-34(26,4)29(28)14-16-35(30,5)33(25)38/h9-10,12,19-20,27-30H,7-8,11,13-18,21-22H2,1-6H3/b25-19+/t27-,28+,29-,30-,34-,35-/m0/s1. The van der Waals surface area contributed by atoms with E-state index in [1.54, 1.807) is 7.11 Å². The van der Waals surface area contributed by atoms with Gasteiger partial charge in [0.25, 0.3) is 0 Å². The Kier molecular flexibility index (Phi) is 8.71. The molecule has 0 aromatic heterocycles. The maximum absolute atomic E-state index is 13.9. The van der Waals surface area contributed by atoms with Gasteiger partial charge in [0, 0.05) is 25.3 Å². The van der Waals surface area contributed by atoms with Crippen LogP contribution in [0.25, 0.3) is 6.08 Å². The molecule has 0 heterocycles. The predicted octanol–water partition coefficient (Wildman–Crippen LogP) is 6.87. The second-order valence-corrected chi connectivity index (χ2v) is 13.2. The summed E-state index contributed by atoms with van der Waals surface area (Å²) in [4.78, 5) is 27.8. The van der Waals surface area contributed by atoms with Gasteiger partial charge in [-0.3, -0.25) is 9.59 Å². The molecule has 6 atom stereocenters. The second kappa shape index (κ2) is 11.9. The number of esters is 1. The number of carbonyl (C=O) groups excluding carboxylic acids is 2. The number of hydrogen-bond acceptors (Lipinski definition) is 6. The number of ketones is 1. The van der Waals surface area contributed by atoms with Gasteiger partial charge < -0.3 is 19.1 Å². The van der Waals surface area contributed by atoms with Crippen molar-refractivity contribution in [2.45, 2.75) is 85.7 Å². The topological polar surface area (TPSA) is 65.1 Å². The van der Waals surface area contributed by atoms with Crippen LogP contribution in [0.5, 0.6) is 11.5 Å². The molecule has 4 aliphatic carbocycles. The third kappa shape index (κ3) is 5.61. The Morgan fingerprint density at radius 3 is 2.51 bits per heavy atom. The fourth-order valence-electron chi connectivity index (χ4n) is 8.68. The van der Waals surface area contributed by atoms with E-state index in [9.17, 15) is 9.59 Å². The van der Waals surface area contributed by atoms with Crippen LogP contribution in [0.1, 0.15) is 85.1 Å². The molecule has 3 saturated carbocycles. The lowest BCUT2D eigenvalue weighted by molar-refractivity contribution is -0.148. The van der Waals surface area contributed by atoms with Crippen LogP contribution in [0.2, 0.25) is 0 Å². The summed E-state index contributed by atoms with van der Waals surface area (Å²) in [5, 5.41) is 0. The van der Waals surface area contributed by atoms with E-state index >= 15 is 0 Å². The first-order valence-electron chi connectivity index (χ1n) is 15.8. The van der Waals surface area contributed by atoms with Gasteiger partial charge in [0.2, 0.25) is 0 Å². The summed E-state index contributed by atoms with van der Waals surface area (Å²) in [6, 6.07) is 6.01. The molecule has 0 bridgehead atoms. The zero-order valence-corrected chi connectivity index (χ0v) is 26.0. The number of Topliss-reactive ketones (excluding diaryl/α,β-unsaturated/α-hetero) is 1. The van der Waals surface area contributed by atoms with E-state index < -0.39 is 0 Å². The van der Waals surface area contributed by atoms with Gasteiger partial charge in [-0.05, 0) is 104 Å². The van der Waals surface area contributed by atoms with Crippen molar-refractivity contribution < 1.29 is 23.8 Å². The van der Waals surface area contributed by atoms with E-state index in [2.05, 4.69) is 44.7 Å². The Labute approximate surface area is 246 Å². The molecule has 4 aliphatic rings. The number of methoxy groups -OCH3 is 1. The molecule has 0 N–H and O–H groups in total. The van der Waals surface area contributed by atoms with Crippen LogP contribution in [-0.4, -0.2) is 56.1 Å². The minimum atomic E-state index is -0.290. The van der Waals surface area contributed by atoms with Gasteiger partial charge in [-0.2, -0.15) is 0 Å². The molecule has 6 heteroatoms. The number of allylic oxidation sites excluding steroid dienone is 2. The van der Waals surface area contributed by atoms with Crippen molar-refractivity contribution >= 4 is 17.8 Å². The van der Waals surface area contributed by atoms with Crippen LogP contribution in [-0.2, 0) is 14.3 Å². The first-order valence-corrected chi connectivity index (χ1v) is 15.8. The second-order valence-electron chi connectivity index (χ2n) is 13.2. The molecular weight excluding hydrogens is 514 g/mol. The van der Waals surface area contributed by atoms with Gasteiger partial charge in [0.1, 0.15) is 12.7 Å². The Bertz CT molecular complexity index is 1210. The summed E-state index contributed by atoms with van der Waals surface area (Å²) in [6.07, 6.45) is 11.3. The molecule has 5 rings (SSSR count). The van der Waals surface area contributed by atoms with E-state index in [-0.39, 0.29) is 22.9 Å². The Morgan fingerprint density at radius 2 is 1.80 bits per heavy atom. The Hall–Kier alpha value is -2.60. The number of nitrogens with zero attached hydrogens (tertiary/aromatic N) is 1. The third-order valence-corrected chi connectivity index (χ3v) is 11.1. The van der Waals surface area contributed by atoms with Gasteiger partial charge >= 0.3 is 5.97 Å². The zero-order chi connectivity index (χ0) is 29.4. The minimum absolute atomic E-state index is 0.0102. The molecule has 0 radical (unpaired) electrons. The van der Waals surface area contributed by atoms with Crippen LogP contribution >= 0.6 is 0 Å². The third-order valence-electron chi connectivity index (χ3n) is 11.1. The summed E-state index contributed by atoms with van der Waals surface area (Å²) in [7, 11) is 1.67. The number of ether oxygens (including phenoxy) is 3. The molecule has 6 nitrogen and oxygen atoms in total. The van der Waals surface area contributed by atoms with Gasteiger partial charge in [0.15, 0.2) is 17.3 Å². The van der Waals surface area contributed by atoms with E-state index in [1.807, 2.05) is 18.2 Å². The molecule has 3 fully saturated rings. The highest BCUT2D eigenvalue weighted by Crippen LogP contribution is 2.65. The zero-order valence-electron chi connectivity index (χ0n) is 26.0. The molecule has 0 spiro atoms. The lowest BCUT2D eigenvalue weighted by Crippen LogP contribution is -2.50. The monoisotopic (exact) mass is 563 g/mol. The highest BCUT2D eigenvalue weighted by atomic mass is 16.5. The molecule has 1 aromatic carbocycles. The molecule has 0 saturated heterocycles. The number of likely N-dealkylation sites (N-methyl/N-ethyl adjacent to an activating group) is 1. The highest BCUT2D eigenvalue weighted by molar-refractivity contribution is 6.06. The van der Waals surface area contributed by atoms with Crippen molar-refractivity contribution in [3.63, 3.8) is 0 Å². The summed E-state index contributed by atoms with van der Waals surface area (Å²) in [6.45, 7) is 14.0. The average molecular weight is 564 g/mol. The van der Waals surface area contributed by atoms with Gasteiger partial charge in [0.05, 0.1) is 7.11 Å². The molecule has 0 unspecified atom stereocenters. The van der Waals surface area contributed by atoms with Crippen LogP contribution in [0, 0.1) is 28.6 Å². The van der Waals surface area contributed by atoms with Crippen LogP contribution < -0.4 is 9.47 Å². The number of carbonyl (C=O) groups is 2. The number of hydrogen-bond donors (Lipinski definition) is 0. The predicted molar refractivity (Wildman–Crippen MR) is 162 cm³/mol. The van der Waals surface area contributed by atoms with Crippen LogP contribution in [0.3, 0.4) is 0 Å². The van der Waals surface area contributed by atoms with E-state index in [1.165, 1.54) is 12.5 Å². The van der Waals surface area contributed by atoms with E-state index in [0.717, 1.165) is 81.5 Å². The molecular formula is C35H49NO5. The highest BCUT2D eigenvalue weighted by Gasteiger charge is 2.60. The van der Waals surface area contributed by atoms with Crippen molar-refractivity contribution in [3.8, 4) is 11.5 Å².